The van der Waals surface area contributed by atoms with Crippen LogP contribution in [0.2, 0.25) is 0 Å². The van der Waals surface area contributed by atoms with Crippen LogP contribution in [0.3, 0.4) is 0 Å². The molecular weight excluding hydrogens is 272 g/mol. The molecule has 3 heteroatoms. The van der Waals surface area contributed by atoms with E-state index in [1.807, 2.05) is 0 Å². The first-order valence-electron chi connectivity index (χ1n) is 8.54. The molecule has 0 bridgehead atoms. The van der Waals surface area contributed by atoms with Crippen molar-refractivity contribution in [2.24, 2.45) is 0 Å². The number of aromatic nitrogens is 1. The largest absolute Gasteiger partial charge is 0.390 e. The summed E-state index contributed by atoms with van der Waals surface area (Å²) >= 11 is 0. The number of aryl methyl sites for hydroxylation is 1. The first-order valence-corrected chi connectivity index (χ1v) is 8.54. The lowest BCUT2D eigenvalue weighted by atomic mass is 10.0. The minimum Gasteiger partial charge on any atom is -0.390 e. The highest BCUT2D eigenvalue weighted by Crippen LogP contribution is 2.25. The maximum atomic E-state index is 10.6. The van der Waals surface area contributed by atoms with Crippen LogP contribution in [0.5, 0.6) is 0 Å². The Morgan fingerprint density at radius 2 is 1.95 bits per heavy atom. The van der Waals surface area contributed by atoms with Crippen LogP contribution in [0.25, 0.3) is 10.9 Å². The van der Waals surface area contributed by atoms with Crippen LogP contribution >= 0.6 is 0 Å². The van der Waals surface area contributed by atoms with Crippen molar-refractivity contribution < 1.29 is 5.11 Å². The molecule has 0 aliphatic carbocycles. The Hall–Kier alpha value is -1.32. The van der Waals surface area contributed by atoms with Crippen LogP contribution in [-0.4, -0.2) is 39.8 Å². The number of likely N-dealkylation sites (tertiary alicyclic amines) is 1. The van der Waals surface area contributed by atoms with Crippen LogP contribution in [-0.2, 0) is 6.54 Å². The number of hydrogen-bond donors (Lipinski definition) is 1. The Morgan fingerprint density at radius 3 is 2.73 bits per heavy atom. The molecule has 0 radical (unpaired) electrons. The molecule has 1 aromatic carbocycles. The van der Waals surface area contributed by atoms with Gasteiger partial charge in [-0.2, -0.15) is 0 Å². The Morgan fingerprint density at radius 1 is 1.18 bits per heavy atom. The van der Waals surface area contributed by atoms with Crippen molar-refractivity contribution in [3.63, 3.8) is 0 Å². The van der Waals surface area contributed by atoms with Gasteiger partial charge >= 0.3 is 0 Å². The Labute approximate surface area is 133 Å². The highest BCUT2D eigenvalue weighted by molar-refractivity contribution is 5.85. The predicted octanol–water partition coefficient (Wildman–Crippen LogP) is 3.49. The molecule has 2 aromatic rings. The molecular formula is C19H28N2O. The lowest BCUT2D eigenvalue weighted by Crippen LogP contribution is -2.43. The zero-order valence-corrected chi connectivity index (χ0v) is 14.0. The van der Waals surface area contributed by atoms with Gasteiger partial charge in [-0.05, 0) is 51.8 Å². The zero-order valence-electron chi connectivity index (χ0n) is 14.0. The van der Waals surface area contributed by atoms with E-state index < -0.39 is 0 Å². The highest BCUT2D eigenvalue weighted by atomic mass is 16.3. The van der Waals surface area contributed by atoms with Gasteiger partial charge in [0, 0.05) is 29.2 Å². The molecule has 1 N–H and O–H groups in total. The van der Waals surface area contributed by atoms with Gasteiger partial charge < -0.3 is 9.67 Å². The quantitative estimate of drug-likeness (QED) is 0.936. The molecule has 1 saturated heterocycles. The van der Waals surface area contributed by atoms with Gasteiger partial charge in [0.2, 0.25) is 0 Å². The summed E-state index contributed by atoms with van der Waals surface area (Å²) in [6, 6.07) is 9.10. The third-order valence-corrected chi connectivity index (χ3v) is 5.33. The zero-order chi connectivity index (χ0) is 15.7. The SMILES string of the molecule is Cc1c(C)n(C[C@@H](O)CN2CCCC[C@@H]2C)c2ccccc12. The molecule has 0 amide bonds. The van der Waals surface area contributed by atoms with Crippen LogP contribution in [0, 0.1) is 13.8 Å². The summed E-state index contributed by atoms with van der Waals surface area (Å²) in [5.74, 6) is 0. The molecule has 1 aliphatic rings. The number of benzene rings is 1. The second kappa shape index (κ2) is 6.43. The normalized spacial score (nSPS) is 21.4. The van der Waals surface area contributed by atoms with Crippen molar-refractivity contribution in [3.8, 4) is 0 Å². The number of nitrogens with zero attached hydrogens (tertiary/aromatic N) is 2. The summed E-state index contributed by atoms with van der Waals surface area (Å²) in [4.78, 5) is 2.45. The van der Waals surface area contributed by atoms with E-state index in [2.05, 4.69) is 54.5 Å². The topological polar surface area (TPSA) is 28.4 Å². The third kappa shape index (κ3) is 2.92. The van der Waals surface area contributed by atoms with E-state index in [1.165, 1.54) is 41.4 Å². The Bertz CT molecular complexity index is 646. The second-order valence-electron chi connectivity index (χ2n) is 6.83. The van der Waals surface area contributed by atoms with Gasteiger partial charge in [0.05, 0.1) is 12.6 Å². The summed E-state index contributed by atoms with van der Waals surface area (Å²) in [5, 5.41) is 11.9. The fourth-order valence-electron chi connectivity index (χ4n) is 3.81. The molecule has 22 heavy (non-hydrogen) atoms. The van der Waals surface area contributed by atoms with Crippen molar-refractivity contribution in [3.05, 3.63) is 35.5 Å². The van der Waals surface area contributed by atoms with E-state index in [-0.39, 0.29) is 6.10 Å². The van der Waals surface area contributed by atoms with Gasteiger partial charge in [0.25, 0.3) is 0 Å². The number of rotatable bonds is 4. The van der Waals surface area contributed by atoms with E-state index in [0.717, 1.165) is 13.1 Å². The summed E-state index contributed by atoms with van der Waals surface area (Å²) in [5.41, 5.74) is 3.84. The number of para-hydroxylation sites is 1. The minimum atomic E-state index is -0.311. The Balaban J connectivity index is 1.76. The monoisotopic (exact) mass is 300 g/mol. The van der Waals surface area contributed by atoms with Crippen LogP contribution in [0.4, 0.5) is 0 Å². The van der Waals surface area contributed by atoms with E-state index in [9.17, 15) is 5.11 Å². The molecule has 0 saturated carbocycles. The lowest BCUT2D eigenvalue weighted by molar-refractivity contribution is 0.0641. The molecule has 3 rings (SSSR count). The van der Waals surface area contributed by atoms with Crippen molar-refractivity contribution >= 4 is 10.9 Å². The van der Waals surface area contributed by atoms with E-state index in [0.29, 0.717) is 12.6 Å². The maximum Gasteiger partial charge on any atom is 0.0845 e. The number of hydrogen-bond acceptors (Lipinski definition) is 2. The van der Waals surface area contributed by atoms with Gasteiger partial charge in [-0.25, -0.2) is 0 Å². The van der Waals surface area contributed by atoms with Crippen molar-refractivity contribution in [1.29, 1.82) is 0 Å². The fraction of sp³-hybridized carbons (Fsp3) is 0.579. The van der Waals surface area contributed by atoms with Gasteiger partial charge in [-0.3, -0.25) is 4.90 Å². The molecule has 1 fully saturated rings. The third-order valence-electron chi connectivity index (χ3n) is 5.33. The average molecular weight is 300 g/mol. The van der Waals surface area contributed by atoms with Crippen LogP contribution in [0.1, 0.15) is 37.4 Å². The molecule has 120 valence electrons. The number of aliphatic hydroxyl groups excluding tert-OH is 1. The van der Waals surface area contributed by atoms with E-state index >= 15 is 0 Å². The van der Waals surface area contributed by atoms with Crippen molar-refractivity contribution in [1.82, 2.24) is 9.47 Å². The van der Waals surface area contributed by atoms with Crippen molar-refractivity contribution in [2.75, 3.05) is 13.1 Å². The van der Waals surface area contributed by atoms with Gasteiger partial charge in [-0.1, -0.05) is 24.6 Å². The summed E-state index contributed by atoms with van der Waals surface area (Å²) in [6.45, 7) is 9.21. The van der Waals surface area contributed by atoms with E-state index in [1.54, 1.807) is 0 Å². The Kier molecular flexibility index (Phi) is 4.55. The summed E-state index contributed by atoms with van der Waals surface area (Å²) in [7, 11) is 0. The van der Waals surface area contributed by atoms with Crippen molar-refractivity contribution in [2.45, 2.75) is 58.7 Å². The van der Waals surface area contributed by atoms with Gasteiger partial charge in [-0.15, -0.1) is 0 Å². The van der Waals surface area contributed by atoms with Crippen LogP contribution in [0.15, 0.2) is 24.3 Å². The molecule has 2 heterocycles. The van der Waals surface area contributed by atoms with Gasteiger partial charge in [0.15, 0.2) is 0 Å². The summed E-state index contributed by atoms with van der Waals surface area (Å²) in [6.07, 6.45) is 3.54. The molecule has 2 atom stereocenters. The first kappa shape index (κ1) is 15.6. The molecule has 3 nitrogen and oxygen atoms in total. The number of fused-ring (bicyclic) bond motifs is 1. The minimum absolute atomic E-state index is 0.311. The summed E-state index contributed by atoms with van der Waals surface area (Å²) < 4.78 is 2.28. The standard InChI is InChI=1S/C19H28N2O/c1-14-8-6-7-11-20(14)12-17(22)13-21-16(3)15(2)18-9-4-5-10-19(18)21/h4-5,9-10,14,17,22H,6-8,11-13H2,1-3H3/t14-,17-/m0/s1. The lowest BCUT2D eigenvalue weighted by Gasteiger charge is -2.34. The predicted molar refractivity (Wildman–Crippen MR) is 92.3 cm³/mol. The molecule has 0 spiro atoms. The fourth-order valence-corrected chi connectivity index (χ4v) is 3.81. The maximum absolute atomic E-state index is 10.6. The number of piperidine rings is 1. The van der Waals surface area contributed by atoms with Crippen LogP contribution < -0.4 is 0 Å². The average Bonchev–Trinajstić information content (AvgIpc) is 2.75. The number of β-amino-alcohol motifs (C(OH)–C–C–N with tert-alkyl or cyclic N) is 1. The van der Waals surface area contributed by atoms with E-state index in [4.69, 9.17) is 0 Å². The molecule has 1 aliphatic heterocycles. The number of aliphatic hydroxyl groups is 1. The molecule has 1 aromatic heterocycles. The first-order chi connectivity index (χ1) is 10.6. The second-order valence-corrected chi connectivity index (χ2v) is 6.83. The molecule has 0 unspecified atom stereocenters. The smallest absolute Gasteiger partial charge is 0.0845 e. The van der Waals surface area contributed by atoms with Gasteiger partial charge in [0.1, 0.15) is 0 Å². The highest BCUT2D eigenvalue weighted by Gasteiger charge is 2.22.